The van der Waals surface area contributed by atoms with Crippen LogP contribution in [0.5, 0.6) is 0 Å². The molecule has 2 N–H and O–H groups in total. The first-order valence-corrected chi connectivity index (χ1v) is 6.53. The third-order valence-electron chi connectivity index (χ3n) is 3.41. The third kappa shape index (κ3) is 2.67. The zero-order valence-corrected chi connectivity index (χ0v) is 11.9. The van der Waals surface area contributed by atoms with Gasteiger partial charge in [-0.05, 0) is 12.8 Å². The van der Waals surface area contributed by atoms with E-state index in [4.69, 9.17) is 15.0 Å². The van der Waals surface area contributed by atoms with Crippen molar-refractivity contribution in [3.8, 4) is 0 Å². The molecular weight excluding hydrogens is 262 g/mol. The average molecular weight is 281 g/mol. The Kier molecular flexibility index (Phi) is 3.80. The van der Waals surface area contributed by atoms with E-state index >= 15 is 0 Å². The molecule has 20 heavy (non-hydrogen) atoms. The van der Waals surface area contributed by atoms with Gasteiger partial charge in [-0.15, -0.1) is 0 Å². The van der Waals surface area contributed by atoms with Crippen LogP contribution in [0.3, 0.4) is 0 Å². The Hall–Kier alpha value is -1.89. The van der Waals surface area contributed by atoms with E-state index in [2.05, 4.69) is 5.16 Å². The summed E-state index contributed by atoms with van der Waals surface area (Å²) in [6.45, 7) is 6.26. The molecule has 0 aliphatic carbocycles. The van der Waals surface area contributed by atoms with E-state index in [1.807, 2.05) is 13.8 Å². The molecule has 1 aromatic heterocycles. The molecule has 7 heteroatoms. The van der Waals surface area contributed by atoms with Crippen LogP contribution in [0.15, 0.2) is 10.6 Å². The molecule has 7 nitrogen and oxygen atoms in total. The summed E-state index contributed by atoms with van der Waals surface area (Å²) in [6.07, 6.45) is 0. The van der Waals surface area contributed by atoms with Gasteiger partial charge in [0, 0.05) is 12.6 Å². The molecule has 0 spiro atoms. The monoisotopic (exact) mass is 281 g/mol. The van der Waals surface area contributed by atoms with Gasteiger partial charge < -0.3 is 19.9 Å². The normalized spacial score (nSPS) is 23.1. The van der Waals surface area contributed by atoms with Crippen molar-refractivity contribution in [2.75, 3.05) is 19.7 Å². The number of carbonyl (C=O) groups excluding carboxylic acids is 2. The number of nitrogens with zero attached hydrogens (tertiary/aromatic N) is 2. The highest BCUT2D eigenvalue weighted by Crippen LogP contribution is 2.20. The molecule has 0 bridgehead atoms. The van der Waals surface area contributed by atoms with Gasteiger partial charge in [0.1, 0.15) is 0 Å². The van der Waals surface area contributed by atoms with Crippen molar-refractivity contribution in [3.63, 3.8) is 0 Å². The molecule has 2 heterocycles. The van der Waals surface area contributed by atoms with Crippen molar-refractivity contribution in [1.29, 1.82) is 0 Å². The van der Waals surface area contributed by atoms with Crippen molar-refractivity contribution in [3.05, 3.63) is 17.5 Å². The number of morpholine rings is 1. The molecule has 1 unspecified atom stereocenters. The Bertz CT molecular complexity index is 525. The molecule has 110 valence electrons. The molecule has 0 aromatic carbocycles. The molecule has 2 amide bonds. The topological polar surface area (TPSA) is 98.7 Å². The van der Waals surface area contributed by atoms with E-state index in [-0.39, 0.29) is 30.7 Å². The zero-order valence-electron chi connectivity index (χ0n) is 11.9. The van der Waals surface area contributed by atoms with Crippen molar-refractivity contribution >= 4 is 11.8 Å². The first-order valence-electron chi connectivity index (χ1n) is 6.53. The lowest BCUT2D eigenvalue weighted by molar-refractivity contribution is -0.150. The van der Waals surface area contributed by atoms with Gasteiger partial charge in [0.2, 0.25) is 5.76 Å². The van der Waals surface area contributed by atoms with Crippen LogP contribution < -0.4 is 5.73 Å². The van der Waals surface area contributed by atoms with Gasteiger partial charge in [0.25, 0.3) is 11.8 Å². The summed E-state index contributed by atoms with van der Waals surface area (Å²) >= 11 is 0. The van der Waals surface area contributed by atoms with Gasteiger partial charge in [0.05, 0.1) is 18.8 Å². The van der Waals surface area contributed by atoms with E-state index in [9.17, 15) is 9.59 Å². The Labute approximate surface area is 117 Å². The van der Waals surface area contributed by atoms with Crippen molar-refractivity contribution in [1.82, 2.24) is 10.1 Å². The van der Waals surface area contributed by atoms with Crippen LogP contribution in [0.25, 0.3) is 0 Å². The molecule has 1 aliphatic rings. The Morgan fingerprint density at radius 2 is 2.20 bits per heavy atom. The summed E-state index contributed by atoms with van der Waals surface area (Å²) < 4.78 is 10.4. The fraction of sp³-hybridized carbons (Fsp3) is 0.615. The number of rotatable bonds is 3. The van der Waals surface area contributed by atoms with Crippen LogP contribution in [-0.4, -0.2) is 47.2 Å². The van der Waals surface area contributed by atoms with Gasteiger partial charge in [0.15, 0.2) is 5.60 Å². The number of hydrogen-bond acceptors (Lipinski definition) is 5. The Morgan fingerprint density at radius 3 is 2.75 bits per heavy atom. The van der Waals surface area contributed by atoms with Crippen molar-refractivity contribution < 1.29 is 18.8 Å². The number of nitrogens with two attached hydrogens (primary N) is 1. The molecule has 1 aromatic rings. The van der Waals surface area contributed by atoms with Crippen molar-refractivity contribution in [2.45, 2.75) is 32.3 Å². The number of ether oxygens (including phenoxy) is 1. The van der Waals surface area contributed by atoms with Crippen LogP contribution in [0.2, 0.25) is 0 Å². The molecule has 1 atom stereocenters. The Morgan fingerprint density at radius 1 is 1.50 bits per heavy atom. The SMILES string of the molecule is CC(C)c1cc(C(=O)N2CCOC(C)(C(N)=O)C2)on1. The maximum absolute atomic E-state index is 12.3. The van der Waals surface area contributed by atoms with Crippen LogP contribution in [0, 0.1) is 0 Å². The van der Waals surface area contributed by atoms with Crippen LogP contribution in [0.1, 0.15) is 42.9 Å². The fourth-order valence-electron chi connectivity index (χ4n) is 2.01. The minimum Gasteiger partial charge on any atom is -0.367 e. The minimum atomic E-state index is -1.16. The van der Waals surface area contributed by atoms with Gasteiger partial charge in [-0.1, -0.05) is 19.0 Å². The smallest absolute Gasteiger partial charge is 0.292 e. The van der Waals surface area contributed by atoms with Gasteiger partial charge in [-0.2, -0.15) is 0 Å². The lowest BCUT2D eigenvalue weighted by Gasteiger charge is -2.37. The molecule has 1 fully saturated rings. The maximum Gasteiger partial charge on any atom is 0.292 e. The first kappa shape index (κ1) is 14.5. The van der Waals surface area contributed by atoms with Crippen LogP contribution >= 0.6 is 0 Å². The highest BCUT2D eigenvalue weighted by Gasteiger charge is 2.40. The lowest BCUT2D eigenvalue weighted by Crippen LogP contribution is -2.58. The summed E-state index contributed by atoms with van der Waals surface area (Å²) in [5, 5.41) is 3.86. The number of carbonyl (C=O) groups is 2. The van der Waals surface area contributed by atoms with E-state index in [1.54, 1.807) is 13.0 Å². The number of hydrogen-bond donors (Lipinski definition) is 1. The average Bonchev–Trinajstić information content (AvgIpc) is 2.87. The van der Waals surface area contributed by atoms with Crippen LogP contribution in [0.4, 0.5) is 0 Å². The maximum atomic E-state index is 12.3. The summed E-state index contributed by atoms with van der Waals surface area (Å²) in [5.74, 6) is -0.543. The number of amides is 2. The summed E-state index contributed by atoms with van der Waals surface area (Å²) in [6, 6.07) is 1.63. The van der Waals surface area contributed by atoms with Gasteiger partial charge >= 0.3 is 0 Å². The minimum absolute atomic E-state index is 0.110. The standard InChI is InChI=1S/C13H19N3O4/c1-8(2)9-6-10(20-15-9)11(17)16-4-5-19-13(3,7-16)12(14)18/h6,8H,4-5,7H2,1-3H3,(H2,14,18). The second kappa shape index (κ2) is 5.24. The quantitative estimate of drug-likeness (QED) is 0.870. The highest BCUT2D eigenvalue weighted by atomic mass is 16.5. The van der Waals surface area contributed by atoms with E-state index in [0.717, 1.165) is 5.69 Å². The first-order chi connectivity index (χ1) is 9.33. The third-order valence-corrected chi connectivity index (χ3v) is 3.41. The molecule has 1 aliphatic heterocycles. The molecular formula is C13H19N3O4. The summed E-state index contributed by atoms with van der Waals surface area (Å²) in [5.41, 5.74) is 4.87. The van der Waals surface area contributed by atoms with Crippen molar-refractivity contribution in [2.24, 2.45) is 5.73 Å². The predicted molar refractivity (Wildman–Crippen MR) is 70.0 cm³/mol. The van der Waals surface area contributed by atoms with E-state index < -0.39 is 11.5 Å². The Balaban J connectivity index is 2.14. The predicted octanol–water partition coefficient (Wildman–Crippen LogP) is 0.514. The zero-order chi connectivity index (χ0) is 14.9. The molecule has 2 rings (SSSR count). The van der Waals surface area contributed by atoms with E-state index in [0.29, 0.717) is 6.54 Å². The largest absolute Gasteiger partial charge is 0.367 e. The second-order valence-electron chi connectivity index (χ2n) is 5.44. The lowest BCUT2D eigenvalue weighted by atomic mass is 10.0. The number of aromatic nitrogens is 1. The highest BCUT2D eigenvalue weighted by molar-refractivity contribution is 5.92. The van der Waals surface area contributed by atoms with E-state index in [1.165, 1.54) is 4.90 Å². The second-order valence-corrected chi connectivity index (χ2v) is 5.44. The van der Waals surface area contributed by atoms with Gasteiger partial charge in [-0.25, -0.2) is 0 Å². The summed E-state index contributed by atoms with van der Waals surface area (Å²) in [4.78, 5) is 25.2. The van der Waals surface area contributed by atoms with Gasteiger partial charge in [-0.3, -0.25) is 9.59 Å². The molecule has 0 saturated carbocycles. The molecule has 1 saturated heterocycles. The fourth-order valence-corrected chi connectivity index (χ4v) is 2.01. The van der Waals surface area contributed by atoms with Crippen LogP contribution in [-0.2, 0) is 9.53 Å². The number of primary amides is 1. The molecule has 0 radical (unpaired) electrons. The summed E-state index contributed by atoms with van der Waals surface area (Å²) in [7, 11) is 0.